The molecule has 3 atom stereocenters. The summed E-state index contributed by atoms with van der Waals surface area (Å²) in [5, 5.41) is 14.1. The van der Waals surface area contributed by atoms with Gasteiger partial charge in [0.25, 0.3) is 10.1 Å². The van der Waals surface area contributed by atoms with Crippen molar-refractivity contribution in [3.05, 3.63) is 47.5 Å². The number of ether oxygens (including phenoxy) is 2. The van der Waals surface area contributed by atoms with E-state index in [1.165, 1.54) is 35.5 Å². The molecule has 0 saturated carbocycles. The summed E-state index contributed by atoms with van der Waals surface area (Å²) in [5.74, 6) is 0. The maximum atomic E-state index is 12.2. The molecule has 3 rings (SSSR count). The SMILES string of the molecule is O=S(=O)(O)C(CO)(c1cccc(Cl)c1)C1COC(Cn2cncn2)O1. The second-order valence-corrected chi connectivity index (χ2v) is 7.65. The third-order valence-corrected chi connectivity index (χ3v) is 5.86. The topological polar surface area (TPSA) is 124 Å². The van der Waals surface area contributed by atoms with E-state index in [1.54, 1.807) is 6.07 Å². The van der Waals surface area contributed by atoms with E-state index < -0.39 is 33.9 Å². The molecule has 1 fully saturated rings. The van der Waals surface area contributed by atoms with E-state index in [2.05, 4.69) is 10.1 Å². The lowest BCUT2D eigenvalue weighted by atomic mass is 9.93. The molecule has 0 amide bonds. The maximum Gasteiger partial charge on any atom is 0.279 e. The monoisotopic (exact) mass is 389 g/mol. The van der Waals surface area contributed by atoms with Crippen LogP contribution in [0.4, 0.5) is 0 Å². The van der Waals surface area contributed by atoms with Crippen LogP contribution in [0.2, 0.25) is 5.02 Å². The quantitative estimate of drug-likeness (QED) is 0.682. The molecule has 9 nitrogen and oxygen atoms in total. The van der Waals surface area contributed by atoms with Crippen LogP contribution in [0.15, 0.2) is 36.9 Å². The molecule has 0 bridgehead atoms. The van der Waals surface area contributed by atoms with Crippen LogP contribution in [-0.2, 0) is 30.9 Å². The van der Waals surface area contributed by atoms with E-state index >= 15 is 0 Å². The predicted octanol–water partition coefficient (Wildman–Crippen LogP) is 0.449. The Morgan fingerprint density at radius 3 is 2.84 bits per heavy atom. The summed E-state index contributed by atoms with van der Waals surface area (Å²) < 4.78 is 44.7. The molecule has 2 N–H and O–H groups in total. The number of aromatic nitrogens is 3. The number of aliphatic hydroxyl groups is 1. The Kier molecular flexibility index (Phi) is 5.09. The van der Waals surface area contributed by atoms with E-state index in [0.717, 1.165) is 0 Å². The Balaban J connectivity index is 1.93. The standard InChI is InChI=1S/C14H16ClN3O6S/c15-11-3-1-2-10(4-11)14(7-19,25(20,21)22)12-6-23-13(24-12)5-18-9-16-8-17-18/h1-4,8-9,12-13,19H,5-7H2,(H,20,21,22). The summed E-state index contributed by atoms with van der Waals surface area (Å²) in [6.07, 6.45) is 0.853. The lowest BCUT2D eigenvalue weighted by Gasteiger charge is -2.33. The predicted molar refractivity (Wildman–Crippen MR) is 86.4 cm³/mol. The number of hydrogen-bond donors (Lipinski definition) is 2. The minimum absolute atomic E-state index is 0.111. The van der Waals surface area contributed by atoms with Gasteiger partial charge >= 0.3 is 0 Å². The average Bonchev–Trinajstić information content (AvgIpc) is 3.20. The van der Waals surface area contributed by atoms with Gasteiger partial charge in [-0.2, -0.15) is 13.5 Å². The third kappa shape index (κ3) is 3.41. The van der Waals surface area contributed by atoms with Crippen molar-refractivity contribution >= 4 is 21.7 Å². The molecule has 1 saturated heterocycles. The number of benzene rings is 1. The summed E-state index contributed by atoms with van der Waals surface area (Å²) in [4.78, 5) is 3.79. The first-order valence-electron chi connectivity index (χ1n) is 7.30. The molecule has 25 heavy (non-hydrogen) atoms. The number of aliphatic hydroxyl groups excluding tert-OH is 1. The molecule has 1 aliphatic heterocycles. The van der Waals surface area contributed by atoms with Crippen molar-refractivity contribution < 1.29 is 27.6 Å². The van der Waals surface area contributed by atoms with Gasteiger partial charge in [-0.25, -0.2) is 9.67 Å². The third-order valence-electron chi connectivity index (χ3n) is 4.08. The van der Waals surface area contributed by atoms with Crippen molar-refractivity contribution in [1.82, 2.24) is 14.8 Å². The Morgan fingerprint density at radius 1 is 1.44 bits per heavy atom. The van der Waals surface area contributed by atoms with Crippen molar-refractivity contribution in [3.63, 3.8) is 0 Å². The summed E-state index contributed by atoms with van der Waals surface area (Å²) >= 11 is 5.94. The summed E-state index contributed by atoms with van der Waals surface area (Å²) in [6.45, 7) is -0.874. The lowest BCUT2D eigenvalue weighted by molar-refractivity contribution is -0.0790. The molecule has 0 spiro atoms. The van der Waals surface area contributed by atoms with Crippen LogP contribution in [0.25, 0.3) is 0 Å². The molecule has 2 heterocycles. The van der Waals surface area contributed by atoms with Gasteiger partial charge in [-0.1, -0.05) is 23.7 Å². The molecule has 0 aliphatic carbocycles. The van der Waals surface area contributed by atoms with Crippen LogP contribution in [-0.4, -0.2) is 58.4 Å². The highest BCUT2D eigenvalue weighted by atomic mass is 35.5. The minimum atomic E-state index is -4.76. The van der Waals surface area contributed by atoms with Gasteiger partial charge in [-0.3, -0.25) is 4.55 Å². The van der Waals surface area contributed by atoms with Crippen LogP contribution in [0, 0.1) is 0 Å². The smallest absolute Gasteiger partial charge is 0.279 e. The van der Waals surface area contributed by atoms with Crippen LogP contribution < -0.4 is 0 Å². The van der Waals surface area contributed by atoms with Crippen LogP contribution in [0.3, 0.4) is 0 Å². The number of nitrogens with zero attached hydrogens (tertiary/aromatic N) is 3. The van der Waals surface area contributed by atoms with Crippen LogP contribution >= 0.6 is 11.6 Å². The van der Waals surface area contributed by atoms with E-state index in [-0.39, 0.29) is 23.7 Å². The zero-order chi connectivity index (χ0) is 18.1. The number of rotatable bonds is 6. The van der Waals surface area contributed by atoms with E-state index in [9.17, 15) is 18.1 Å². The highest BCUT2D eigenvalue weighted by Gasteiger charge is 2.55. The second kappa shape index (κ2) is 6.98. The number of halogens is 1. The Morgan fingerprint density at radius 2 is 2.24 bits per heavy atom. The molecule has 3 unspecified atom stereocenters. The van der Waals surface area contributed by atoms with Crippen molar-refractivity contribution in [2.45, 2.75) is 23.7 Å². The van der Waals surface area contributed by atoms with Gasteiger partial charge in [0, 0.05) is 5.02 Å². The first-order valence-corrected chi connectivity index (χ1v) is 9.12. The Labute approximate surface area is 148 Å². The van der Waals surface area contributed by atoms with E-state index in [4.69, 9.17) is 21.1 Å². The molecule has 2 aromatic rings. The second-order valence-electron chi connectivity index (χ2n) is 5.54. The first kappa shape index (κ1) is 18.2. The fourth-order valence-electron chi connectivity index (χ4n) is 2.80. The first-order chi connectivity index (χ1) is 11.9. The van der Waals surface area contributed by atoms with Gasteiger partial charge in [0.1, 0.15) is 18.8 Å². The summed E-state index contributed by atoms with van der Waals surface area (Å²) in [5.41, 5.74) is 0.111. The lowest BCUT2D eigenvalue weighted by Crippen LogP contribution is -2.50. The Hall–Kier alpha value is -1.56. The van der Waals surface area contributed by atoms with Crippen LogP contribution in [0.5, 0.6) is 0 Å². The van der Waals surface area contributed by atoms with Gasteiger partial charge in [0.15, 0.2) is 11.0 Å². The van der Waals surface area contributed by atoms with Crippen molar-refractivity contribution in [2.75, 3.05) is 13.2 Å². The van der Waals surface area contributed by atoms with Gasteiger partial charge in [-0.05, 0) is 17.7 Å². The minimum Gasteiger partial charge on any atom is -0.394 e. The fraction of sp³-hybridized carbons (Fsp3) is 0.429. The Bertz CT molecular complexity index is 831. The zero-order valence-electron chi connectivity index (χ0n) is 12.9. The maximum absolute atomic E-state index is 12.2. The normalized spacial score (nSPS) is 23.5. The van der Waals surface area contributed by atoms with Crippen molar-refractivity contribution in [2.24, 2.45) is 0 Å². The molecular formula is C14H16ClN3O6S. The molecule has 1 aliphatic rings. The van der Waals surface area contributed by atoms with E-state index in [0.29, 0.717) is 0 Å². The molecule has 1 aromatic heterocycles. The van der Waals surface area contributed by atoms with Gasteiger partial charge in [0.05, 0.1) is 19.8 Å². The fourth-order valence-corrected chi connectivity index (χ4v) is 4.04. The van der Waals surface area contributed by atoms with Gasteiger partial charge in [-0.15, -0.1) is 0 Å². The molecular weight excluding hydrogens is 374 g/mol. The van der Waals surface area contributed by atoms with Crippen molar-refractivity contribution in [3.8, 4) is 0 Å². The average molecular weight is 390 g/mol. The van der Waals surface area contributed by atoms with Gasteiger partial charge in [0.2, 0.25) is 0 Å². The van der Waals surface area contributed by atoms with E-state index in [1.807, 2.05) is 0 Å². The van der Waals surface area contributed by atoms with Gasteiger partial charge < -0.3 is 14.6 Å². The summed E-state index contributed by atoms with van der Waals surface area (Å²) in [6, 6.07) is 5.89. The zero-order valence-corrected chi connectivity index (χ0v) is 14.5. The van der Waals surface area contributed by atoms with Crippen molar-refractivity contribution in [1.29, 1.82) is 0 Å². The molecule has 136 valence electrons. The number of hydrogen-bond acceptors (Lipinski definition) is 7. The van der Waals surface area contributed by atoms with Crippen LogP contribution in [0.1, 0.15) is 5.56 Å². The highest BCUT2D eigenvalue weighted by molar-refractivity contribution is 7.86. The molecule has 0 radical (unpaired) electrons. The molecule has 11 heteroatoms. The highest BCUT2D eigenvalue weighted by Crippen LogP contribution is 2.39. The largest absolute Gasteiger partial charge is 0.394 e. The summed E-state index contributed by atoms with van der Waals surface area (Å²) in [7, 11) is -4.76. The molecule has 1 aromatic carbocycles.